The molecule has 0 radical (unpaired) electrons. The molecule has 0 amide bonds. The maximum Gasteiger partial charge on any atom is 0.435 e. The minimum atomic E-state index is -4.47. The number of aliphatic imine (C=N–C) groups is 1. The molecule has 6 nitrogen and oxygen atoms in total. The Labute approximate surface area is 197 Å². The molecule has 1 aromatic heterocycles. The van der Waals surface area contributed by atoms with Gasteiger partial charge >= 0.3 is 6.18 Å². The number of alkyl halides is 3. The summed E-state index contributed by atoms with van der Waals surface area (Å²) >= 11 is 0. The molecule has 1 fully saturated rings. The lowest BCUT2D eigenvalue weighted by Gasteiger charge is -2.36. The zero-order valence-electron chi connectivity index (χ0n) is 17.6. The molecule has 0 spiro atoms. The molecule has 10 heteroatoms. The van der Waals surface area contributed by atoms with Gasteiger partial charge in [-0.2, -0.15) is 18.3 Å². The van der Waals surface area contributed by atoms with Gasteiger partial charge in [-0.1, -0.05) is 42.5 Å². The third kappa shape index (κ3) is 7.23. The van der Waals surface area contributed by atoms with Crippen LogP contribution in [0.2, 0.25) is 0 Å². The summed E-state index contributed by atoms with van der Waals surface area (Å²) in [6, 6.07) is 10.2. The molecular weight excluding hydrogens is 520 g/mol. The van der Waals surface area contributed by atoms with Crippen LogP contribution in [-0.4, -0.2) is 65.3 Å². The summed E-state index contributed by atoms with van der Waals surface area (Å²) in [5, 5.41) is 6.59. The Morgan fingerprint density at radius 3 is 2.45 bits per heavy atom. The first kappa shape index (κ1) is 25.2. The van der Waals surface area contributed by atoms with Crippen LogP contribution in [0, 0.1) is 0 Å². The van der Waals surface area contributed by atoms with Gasteiger partial charge in [0, 0.05) is 65.1 Å². The van der Waals surface area contributed by atoms with Gasteiger partial charge in [-0.3, -0.25) is 14.6 Å². The van der Waals surface area contributed by atoms with Crippen molar-refractivity contribution >= 4 is 36.0 Å². The largest absolute Gasteiger partial charge is 0.435 e. The van der Waals surface area contributed by atoms with Gasteiger partial charge in [0.15, 0.2) is 11.7 Å². The van der Waals surface area contributed by atoms with Gasteiger partial charge in [-0.05, 0) is 5.56 Å². The average Bonchev–Trinajstić information content (AvgIpc) is 3.11. The summed E-state index contributed by atoms with van der Waals surface area (Å²) in [7, 11) is 3.13. The van der Waals surface area contributed by atoms with E-state index in [1.807, 2.05) is 18.2 Å². The maximum absolute atomic E-state index is 13.1. The molecular formula is C21H28F3IN6. The highest BCUT2D eigenvalue weighted by molar-refractivity contribution is 14.0. The highest BCUT2D eigenvalue weighted by Gasteiger charge is 2.36. The number of piperazine rings is 1. The minimum absolute atomic E-state index is 0. The highest BCUT2D eigenvalue weighted by Crippen LogP contribution is 2.30. The van der Waals surface area contributed by atoms with E-state index in [0.29, 0.717) is 5.96 Å². The molecule has 1 aliphatic heterocycles. The van der Waals surface area contributed by atoms with Crippen LogP contribution in [0.25, 0.3) is 6.08 Å². The van der Waals surface area contributed by atoms with Crippen molar-refractivity contribution in [1.29, 1.82) is 0 Å². The summed E-state index contributed by atoms with van der Waals surface area (Å²) in [4.78, 5) is 8.65. The number of aromatic nitrogens is 2. The molecule has 3 rings (SSSR count). The third-order valence-corrected chi connectivity index (χ3v) is 4.97. The monoisotopic (exact) mass is 548 g/mol. The molecule has 1 N–H and O–H groups in total. The number of nitrogens with one attached hydrogen (secondary N) is 1. The quantitative estimate of drug-likeness (QED) is 0.354. The summed E-state index contributed by atoms with van der Waals surface area (Å²) in [5.41, 5.74) is 0.424. The van der Waals surface area contributed by atoms with Crippen LogP contribution in [0.1, 0.15) is 16.8 Å². The van der Waals surface area contributed by atoms with Crippen LogP contribution in [-0.2, 0) is 19.8 Å². The van der Waals surface area contributed by atoms with E-state index in [1.54, 1.807) is 7.05 Å². The fraction of sp³-hybridized carbons (Fsp3) is 0.429. The molecule has 0 aliphatic carbocycles. The van der Waals surface area contributed by atoms with E-state index in [0.717, 1.165) is 32.7 Å². The lowest BCUT2D eigenvalue weighted by molar-refractivity contribution is -0.142. The third-order valence-electron chi connectivity index (χ3n) is 4.97. The first-order valence-electron chi connectivity index (χ1n) is 9.86. The Balaban J connectivity index is 0.00000341. The van der Waals surface area contributed by atoms with Crippen molar-refractivity contribution in [3.63, 3.8) is 0 Å². The van der Waals surface area contributed by atoms with Crippen LogP contribution in [0.15, 0.2) is 47.6 Å². The second-order valence-electron chi connectivity index (χ2n) is 7.18. The SMILES string of the molecule is CN=C(NCc1cn(C)nc1C(F)(F)F)N1CCN(C/C=C/c2ccccc2)CC1.I. The maximum atomic E-state index is 13.1. The number of benzene rings is 1. The van der Waals surface area contributed by atoms with E-state index < -0.39 is 11.9 Å². The van der Waals surface area contributed by atoms with Gasteiger partial charge in [0.25, 0.3) is 0 Å². The van der Waals surface area contributed by atoms with E-state index in [-0.39, 0.29) is 36.1 Å². The minimum Gasteiger partial charge on any atom is -0.352 e. The van der Waals surface area contributed by atoms with E-state index in [9.17, 15) is 13.2 Å². The predicted molar refractivity (Wildman–Crippen MR) is 127 cm³/mol. The van der Waals surface area contributed by atoms with Crippen molar-refractivity contribution in [2.24, 2.45) is 12.0 Å². The van der Waals surface area contributed by atoms with Gasteiger partial charge in [-0.25, -0.2) is 0 Å². The molecule has 0 unspecified atom stereocenters. The zero-order valence-corrected chi connectivity index (χ0v) is 20.0. The summed E-state index contributed by atoms with van der Waals surface area (Å²) in [5.74, 6) is 0.603. The van der Waals surface area contributed by atoms with Gasteiger partial charge in [0.1, 0.15) is 0 Å². The molecule has 1 aromatic carbocycles. The van der Waals surface area contributed by atoms with E-state index in [1.165, 1.54) is 23.5 Å². The molecule has 0 atom stereocenters. The smallest absolute Gasteiger partial charge is 0.352 e. The summed E-state index contributed by atoms with van der Waals surface area (Å²) in [6.07, 6.45) is 1.18. The fourth-order valence-corrected chi connectivity index (χ4v) is 3.46. The first-order chi connectivity index (χ1) is 14.4. The van der Waals surface area contributed by atoms with E-state index in [2.05, 4.69) is 49.5 Å². The van der Waals surface area contributed by atoms with E-state index in [4.69, 9.17) is 0 Å². The molecule has 0 saturated carbocycles. The Morgan fingerprint density at radius 2 is 1.84 bits per heavy atom. The van der Waals surface area contributed by atoms with Crippen LogP contribution in [0.4, 0.5) is 13.2 Å². The van der Waals surface area contributed by atoms with Crippen LogP contribution in [0.3, 0.4) is 0 Å². The number of rotatable bonds is 5. The normalized spacial score (nSPS) is 15.9. The van der Waals surface area contributed by atoms with Crippen molar-refractivity contribution in [3.05, 3.63) is 59.4 Å². The number of hydrogen-bond donors (Lipinski definition) is 1. The highest BCUT2D eigenvalue weighted by atomic mass is 127. The lowest BCUT2D eigenvalue weighted by atomic mass is 10.2. The second kappa shape index (κ2) is 11.5. The molecule has 2 heterocycles. The zero-order chi connectivity index (χ0) is 21.6. The van der Waals surface area contributed by atoms with Crippen molar-refractivity contribution in [1.82, 2.24) is 24.9 Å². The molecule has 0 bridgehead atoms. The van der Waals surface area contributed by atoms with Gasteiger partial charge in [0.2, 0.25) is 0 Å². The van der Waals surface area contributed by atoms with Crippen molar-refractivity contribution < 1.29 is 13.2 Å². The number of nitrogens with zero attached hydrogens (tertiary/aromatic N) is 5. The average molecular weight is 548 g/mol. The number of hydrogen-bond acceptors (Lipinski definition) is 3. The van der Waals surface area contributed by atoms with Crippen molar-refractivity contribution in [2.45, 2.75) is 12.7 Å². The van der Waals surface area contributed by atoms with Crippen LogP contribution >= 0.6 is 24.0 Å². The molecule has 1 saturated heterocycles. The van der Waals surface area contributed by atoms with Gasteiger partial charge < -0.3 is 10.2 Å². The van der Waals surface area contributed by atoms with Crippen LogP contribution < -0.4 is 5.32 Å². The standard InChI is InChI=1S/C21H27F3N6.HI/c1-25-20(26-15-18-16-28(2)27-19(18)21(22,23)24)30-13-11-29(12-14-30)10-6-9-17-7-4-3-5-8-17;/h3-9,16H,10-15H2,1-2H3,(H,25,26);1H/b9-6+;. The van der Waals surface area contributed by atoms with Gasteiger partial charge in [-0.15, -0.1) is 24.0 Å². The molecule has 170 valence electrons. The van der Waals surface area contributed by atoms with Crippen molar-refractivity contribution in [3.8, 4) is 0 Å². The number of halogens is 4. The Kier molecular flexibility index (Phi) is 9.35. The Bertz CT molecular complexity index is 871. The number of aryl methyl sites for hydroxylation is 1. The van der Waals surface area contributed by atoms with Gasteiger partial charge in [0.05, 0.1) is 0 Å². The summed E-state index contributed by atoms with van der Waals surface area (Å²) in [6.45, 7) is 4.13. The Morgan fingerprint density at radius 1 is 1.16 bits per heavy atom. The molecule has 2 aromatic rings. The Hall–Kier alpha value is -2.08. The lowest BCUT2D eigenvalue weighted by Crippen LogP contribution is -2.52. The molecule has 31 heavy (non-hydrogen) atoms. The molecule has 1 aliphatic rings. The first-order valence-corrected chi connectivity index (χ1v) is 9.86. The van der Waals surface area contributed by atoms with Crippen molar-refractivity contribution in [2.75, 3.05) is 39.8 Å². The fourth-order valence-electron chi connectivity index (χ4n) is 3.46. The predicted octanol–water partition coefficient (Wildman–Crippen LogP) is 3.46. The second-order valence-corrected chi connectivity index (χ2v) is 7.18. The van der Waals surface area contributed by atoms with E-state index >= 15 is 0 Å². The topological polar surface area (TPSA) is 48.7 Å². The van der Waals surface area contributed by atoms with Crippen LogP contribution in [0.5, 0.6) is 0 Å². The number of guanidine groups is 1. The summed E-state index contributed by atoms with van der Waals surface area (Å²) < 4.78 is 40.5.